The predicted molar refractivity (Wildman–Crippen MR) is 80.7 cm³/mol. The van der Waals surface area contributed by atoms with Gasteiger partial charge in [-0.1, -0.05) is 12.1 Å². The highest BCUT2D eigenvalue weighted by molar-refractivity contribution is 5.44. The summed E-state index contributed by atoms with van der Waals surface area (Å²) in [5, 5.41) is 3.31. The zero-order chi connectivity index (χ0) is 13.8. The molecule has 0 radical (unpaired) electrons. The van der Waals surface area contributed by atoms with E-state index in [1.165, 1.54) is 27.8 Å². The topological polar surface area (TPSA) is 24.9 Å². The number of hydrogen-bond acceptors (Lipinski definition) is 2. The van der Waals surface area contributed by atoms with Crippen LogP contribution in [0.15, 0.2) is 36.7 Å². The molecule has 0 aliphatic rings. The fourth-order valence-electron chi connectivity index (χ4n) is 2.56. The summed E-state index contributed by atoms with van der Waals surface area (Å²) in [7, 11) is 2.00. The van der Waals surface area contributed by atoms with E-state index in [9.17, 15) is 0 Å². The molecule has 1 aromatic heterocycles. The number of aryl methyl sites for hydroxylation is 1. The number of hydrogen-bond donors (Lipinski definition) is 1. The lowest BCUT2D eigenvalue weighted by Gasteiger charge is -2.21. The molecule has 0 aliphatic heterocycles. The van der Waals surface area contributed by atoms with Crippen molar-refractivity contribution in [1.82, 2.24) is 10.3 Å². The Hall–Kier alpha value is -1.67. The van der Waals surface area contributed by atoms with Crippen molar-refractivity contribution in [3.05, 3.63) is 64.5 Å². The Kier molecular flexibility index (Phi) is 4.33. The van der Waals surface area contributed by atoms with Crippen LogP contribution in [0.1, 0.15) is 33.7 Å². The van der Waals surface area contributed by atoms with Gasteiger partial charge in [0.25, 0.3) is 0 Å². The maximum Gasteiger partial charge on any atom is 0.0270 e. The van der Waals surface area contributed by atoms with E-state index in [2.05, 4.69) is 55.3 Å². The first-order valence-corrected chi connectivity index (χ1v) is 6.76. The summed E-state index contributed by atoms with van der Waals surface area (Å²) in [6.45, 7) is 7.54. The van der Waals surface area contributed by atoms with Crippen molar-refractivity contribution in [2.75, 3.05) is 13.6 Å². The quantitative estimate of drug-likeness (QED) is 0.905. The molecule has 100 valence electrons. The van der Waals surface area contributed by atoms with Crippen LogP contribution in [0.3, 0.4) is 0 Å². The molecule has 1 aromatic carbocycles. The van der Waals surface area contributed by atoms with E-state index < -0.39 is 0 Å². The first-order chi connectivity index (χ1) is 9.15. The fourth-order valence-corrected chi connectivity index (χ4v) is 2.56. The third-order valence-corrected chi connectivity index (χ3v) is 3.99. The van der Waals surface area contributed by atoms with Crippen molar-refractivity contribution in [2.45, 2.75) is 26.7 Å². The summed E-state index contributed by atoms with van der Waals surface area (Å²) in [5.74, 6) is 0.382. The summed E-state index contributed by atoms with van der Waals surface area (Å²) in [6, 6.07) is 8.70. The van der Waals surface area contributed by atoms with Crippen LogP contribution in [0.5, 0.6) is 0 Å². The minimum atomic E-state index is 0.382. The van der Waals surface area contributed by atoms with Crippen LogP contribution < -0.4 is 5.32 Å². The molecule has 0 saturated heterocycles. The van der Waals surface area contributed by atoms with Gasteiger partial charge in [-0.3, -0.25) is 4.98 Å². The molecule has 0 aliphatic carbocycles. The Labute approximate surface area is 115 Å². The van der Waals surface area contributed by atoms with Gasteiger partial charge in [0.1, 0.15) is 0 Å². The molecule has 0 fully saturated rings. The molecule has 0 amide bonds. The maximum absolute atomic E-state index is 4.12. The average Bonchev–Trinajstić information content (AvgIpc) is 2.44. The van der Waals surface area contributed by atoms with Gasteiger partial charge in [-0.25, -0.2) is 0 Å². The lowest BCUT2D eigenvalue weighted by molar-refractivity contribution is 0.703. The predicted octanol–water partition coefficient (Wildman–Crippen LogP) is 3.36. The highest BCUT2D eigenvalue weighted by Gasteiger charge is 2.16. The molecule has 0 bridgehead atoms. The Bertz CT molecular complexity index is 547. The van der Waals surface area contributed by atoms with E-state index in [1.807, 2.05) is 19.4 Å². The number of benzene rings is 1. The number of pyridine rings is 1. The zero-order valence-electron chi connectivity index (χ0n) is 12.2. The van der Waals surface area contributed by atoms with Gasteiger partial charge < -0.3 is 5.32 Å². The fraction of sp³-hybridized carbons (Fsp3) is 0.353. The number of likely N-dealkylation sites (N-methyl/N-ethyl adjacent to an activating group) is 1. The molecule has 19 heavy (non-hydrogen) atoms. The van der Waals surface area contributed by atoms with Crippen LogP contribution in [0.2, 0.25) is 0 Å². The Morgan fingerprint density at radius 1 is 1.00 bits per heavy atom. The van der Waals surface area contributed by atoms with Crippen LogP contribution in [-0.4, -0.2) is 18.6 Å². The van der Waals surface area contributed by atoms with E-state index in [0.717, 1.165) is 6.54 Å². The summed E-state index contributed by atoms with van der Waals surface area (Å²) in [6.07, 6.45) is 3.74. The number of rotatable bonds is 4. The molecule has 1 atom stereocenters. The molecule has 2 nitrogen and oxygen atoms in total. The molecule has 2 aromatic rings. The molecule has 2 heteroatoms. The van der Waals surface area contributed by atoms with Crippen molar-refractivity contribution in [3.63, 3.8) is 0 Å². The van der Waals surface area contributed by atoms with Gasteiger partial charge in [0.2, 0.25) is 0 Å². The summed E-state index contributed by atoms with van der Waals surface area (Å²) >= 11 is 0. The zero-order valence-corrected chi connectivity index (χ0v) is 12.2. The lowest BCUT2D eigenvalue weighted by Crippen LogP contribution is -2.19. The maximum atomic E-state index is 4.12. The van der Waals surface area contributed by atoms with Crippen molar-refractivity contribution in [2.24, 2.45) is 0 Å². The second kappa shape index (κ2) is 5.98. The van der Waals surface area contributed by atoms with Crippen molar-refractivity contribution in [1.29, 1.82) is 0 Å². The molecule has 1 N–H and O–H groups in total. The van der Waals surface area contributed by atoms with E-state index in [-0.39, 0.29) is 0 Å². The second-order valence-corrected chi connectivity index (χ2v) is 5.11. The monoisotopic (exact) mass is 254 g/mol. The summed E-state index contributed by atoms with van der Waals surface area (Å²) < 4.78 is 0. The molecular formula is C17H22N2. The van der Waals surface area contributed by atoms with Gasteiger partial charge in [-0.2, -0.15) is 0 Å². The highest BCUT2D eigenvalue weighted by atomic mass is 14.8. The third kappa shape index (κ3) is 2.85. The largest absolute Gasteiger partial charge is 0.319 e. The van der Waals surface area contributed by atoms with E-state index >= 15 is 0 Å². The normalized spacial score (nSPS) is 12.4. The Morgan fingerprint density at radius 3 is 2.32 bits per heavy atom. The van der Waals surface area contributed by atoms with Gasteiger partial charge in [-0.15, -0.1) is 0 Å². The Morgan fingerprint density at radius 2 is 1.68 bits per heavy atom. The van der Waals surface area contributed by atoms with E-state index in [4.69, 9.17) is 0 Å². The van der Waals surface area contributed by atoms with E-state index in [1.54, 1.807) is 0 Å². The molecule has 2 rings (SSSR count). The third-order valence-electron chi connectivity index (χ3n) is 3.99. The molecule has 1 heterocycles. The first-order valence-electron chi connectivity index (χ1n) is 6.76. The molecular weight excluding hydrogens is 232 g/mol. The van der Waals surface area contributed by atoms with Gasteiger partial charge in [0.15, 0.2) is 0 Å². The summed E-state index contributed by atoms with van der Waals surface area (Å²) in [5.41, 5.74) is 6.88. The summed E-state index contributed by atoms with van der Waals surface area (Å²) in [4.78, 5) is 4.12. The lowest BCUT2D eigenvalue weighted by atomic mass is 9.86. The van der Waals surface area contributed by atoms with Crippen LogP contribution >= 0.6 is 0 Å². The van der Waals surface area contributed by atoms with Gasteiger partial charge in [-0.05, 0) is 67.8 Å². The minimum absolute atomic E-state index is 0.382. The molecule has 1 unspecified atom stereocenters. The highest BCUT2D eigenvalue weighted by Crippen LogP contribution is 2.29. The standard InChI is InChI=1S/C17H22N2/c1-12-5-6-16(14(3)13(12)2)17(11-18-4)15-7-9-19-10-8-15/h5-10,17-18H,11H2,1-4H3. The van der Waals surface area contributed by atoms with Gasteiger partial charge in [0.05, 0.1) is 0 Å². The first kappa shape index (κ1) is 13.8. The number of aromatic nitrogens is 1. The van der Waals surface area contributed by atoms with Gasteiger partial charge in [0, 0.05) is 24.9 Å². The minimum Gasteiger partial charge on any atom is -0.319 e. The molecule has 0 spiro atoms. The number of nitrogens with zero attached hydrogens (tertiary/aromatic N) is 1. The van der Waals surface area contributed by atoms with Crippen LogP contribution in [0, 0.1) is 20.8 Å². The van der Waals surface area contributed by atoms with E-state index in [0.29, 0.717) is 5.92 Å². The van der Waals surface area contributed by atoms with Crippen LogP contribution in [-0.2, 0) is 0 Å². The molecule has 0 saturated carbocycles. The van der Waals surface area contributed by atoms with Crippen LogP contribution in [0.25, 0.3) is 0 Å². The average molecular weight is 254 g/mol. The van der Waals surface area contributed by atoms with Crippen molar-refractivity contribution in [3.8, 4) is 0 Å². The van der Waals surface area contributed by atoms with Crippen molar-refractivity contribution >= 4 is 0 Å². The smallest absolute Gasteiger partial charge is 0.0270 e. The Balaban J connectivity index is 2.49. The van der Waals surface area contributed by atoms with Crippen LogP contribution in [0.4, 0.5) is 0 Å². The van der Waals surface area contributed by atoms with Gasteiger partial charge >= 0.3 is 0 Å². The number of nitrogens with one attached hydrogen (secondary N) is 1. The van der Waals surface area contributed by atoms with Crippen molar-refractivity contribution < 1.29 is 0 Å². The second-order valence-electron chi connectivity index (χ2n) is 5.11. The SMILES string of the molecule is CNCC(c1ccncc1)c1ccc(C)c(C)c1C.